The standard InChI is InChI=1S/C26H32N4O4/c1-3-16(2)23(27)25(32)29-21(14-18-15-28-20-12-8-7-11-19(18)20)24(31)30-22(26(33)34)13-17-9-5-4-6-10-17/h4-12,15-16,21-23,28H,3,13-14,27H2,1-2H3,(H,29,32)(H,30,31)(H,33,34). The van der Waals surface area contributed by atoms with Gasteiger partial charge in [0.2, 0.25) is 11.8 Å². The predicted octanol–water partition coefficient (Wildman–Crippen LogP) is 2.38. The third-order valence-corrected chi connectivity index (χ3v) is 6.19. The van der Waals surface area contributed by atoms with Crippen LogP contribution in [0.2, 0.25) is 0 Å². The summed E-state index contributed by atoms with van der Waals surface area (Å²) in [5, 5.41) is 16.0. The summed E-state index contributed by atoms with van der Waals surface area (Å²) in [5.74, 6) is -2.23. The van der Waals surface area contributed by atoms with Crippen molar-refractivity contribution in [2.45, 2.75) is 51.2 Å². The van der Waals surface area contributed by atoms with Crippen molar-refractivity contribution in [2.75, 3.05) is 0 Å². The Bertz CT molecular complexity index is 1130. The molecular formula is C26H32N4O4. The van der Waals surface area contributed by atoms with Gasteiger partial charge < -0.3 is 26.5 Å². The van der Waals surface area contributed by atoms with Crippen LogP contribution in [-0.4, -0.2) is 46.0 Å². The fourth-order valence-corrected chi connectivity index (χ4v) is 3.83. The molecule has 2 aromatic carbocycles. The van der Waals surface area contributed by atoms with Crippen molar-refractivity contribution in [1.29, 1.82) is 0 Å². The van der Waals surface area contributed by atoms with Crippen LogP contribution in [0.4, 0.5) is 0 Å². The first-order valence-electron chi connectivity index (χ1n) is 11.5. The van der Waals surface area contributed by atoms with E-state index in [-0.39, 0.29) is 18.8 Å². The maximum Gasteiger partial charge on any atom is 0.326 e. The van der Waals surface area contributed by atoms with Crippen LogP contribution >= 0.6 is 0 Å². The number of amides is 2. The highest BCUT2D eigenvalue weighted by Crippen LogP contribution is 2.19. The van der Waals surface area contributed by atoms with Gasteiger partial charge in [-0.3, -0.25) is 9.59 Å². The van der Waals surface area contributed by atoms with Gasteiger partial charge in [0, 0.05) is 29.9 Å². The summed E-state index contributed by atoms with van der Waals surface area (Å²) in [4.78, 5) is 41.1. The van der Waals surface area contributed by atoms with Crippen LogP contribution < -0.4 is 16.4 Å². The number of aromatic nitrogens is 1. The van der Waals surface area contributed by atoms with Crippen LogP contribution in [-0.2, 0) is 27.2 Å². The molecule has 0 spiro atoms. The van der Waals surface area contributed by atoms with Crippen LogP contribution in [0.1, 0.15) is 31.4 Å². The molecule has 4 unspecified atom stereocenters. The molecule has 0 saturated heterocycles. The van der Waals surface area contributed by atoms with E-state index in [0.717, 1.165) is 22.0 Å². The van der Waals surface area contributed by atoms with Crippen LogP contribution in [0.3, 0.4) is 0 Å². The lowest BCUT2D eigenvalue weighted by Crippen LogP contribution is -2.56. The Morgan fingerprint density at radius 2 is 1.59 bits per heavy atom. The number of hydrogen-bond donors (Lipinski definition) is 5. The molecule has 1 aromatic heterocycles. The number of rotatable bonds is 11. The number of aromatic amines is 1. The molecule has 2 amide bonds. The highest BCUT2D eigenvalue weighted by molar-refractivity contribution is 5.93. The van der Waals surface area contributed by atoms with E-state index in [4.69, 9.17) is 5.73 Å². The van der Waals surface area contributed by atoms with Crippen LogP contribution in [0.5, 0.6) is 0 Å². The fourth-order valence-electron chi connectivity index (χ4n) is 3.83. The monoisotopic (exact) mass is 464 g/mol. The Morgan fingerprint density at radius 1 is 0.941 bits per heavy atom. The lowest BCUT2D eigenvalue weighted by Gasteiger charge is -2.24. The van der Waals surface area contributed by atoms with Gasteiger partial charge in [0.1, 0.15) is 12.1 Å². The third kappa shape index (κ3) is 6.23. The fraction of sp³-hybridized carbons (Fsp3) is 0.346. The zero-order chi connectivity index (χ0) is 24.7. The third-order valence-electron chi connectivity index (χ3n) is 6.19. The molecule has 8 nitrogen and oxygen atoms in total. The van der Waals surface area contributed by atoms with Gasteiger partial charge in [-0.2, -0.15) is 0 Å². The number of benzene rings is 2. The number of H-pyrrole nitrogens is 1. The topological polar surface area (TPSA) is 137 Å². The molecule has 34 heavy (non-hydrogen) atoms. The Kier molecular flexibility index (Phi) is 8.43. The normalized spacial score (nSPS) is 14.7. The molecule has 0 aliphatic carbocycles. The Hall–Kier alpha value is -3.65. The van der Waals surface area contributed by atoms with E-state index in [1.165, 1.54) is 0 Å². The van der Waals surface area contributed by atoms with Crippen LogP contribution in [0.15, 0.2) is 60.8 Å². The SMILES string of the molecule is CCC(C)C(N)C(=O)NC(Cc1c[nH]c2ccccc12)C(=O)NC(Cc1ccccc1)C(=O)O. The number of carboxylic acids is 1. The number of aliphatic carboxylic acids is 1. The number of carbonyl (C=O) groups excluding carboxylic acids is 2. The zero-order valence-electron chi connectivity index (χ0n) is 19.5. The molecular weight excluding hydrogens is 432 g/mol. The summed E-state index contributed by atoms with van der Waals surface area (Å²) in [7, 11) is 0. The number of para-hydroxylation sites is 1. The van der Waals surface area contributed by atoms with Gasteiger partial charge >= 0.3 is 5.97 Å². The van der Waals surface area contributed by atoms with Crippen molar-refractivity contribution in [3.8, 4) is 0 Å². The summed E-state index contributed by atoms with van der Waals surface area (Å²) in [6.07, 6.45) is 2.82. The molecule has 3 rings (SSSR count). The molecule has 0 bridgehead atoms. The van der Waals surface area contributed by atoms with Crippen LogP contribution in [0.25, 0.3) is 10.9 Å². The number of carbonyl (C=O) groups is 3. The summed E-state index contributed by atoms with van der Waals surface area (Å²) in [6.45, 7) is 3.81. The maximum absolute atomic E-state index is 13.3. The summed E-state index contributed by atoms with van der Waals surface area (Å²) in [6, 6.07) is 13.8. The highest BCUT2D eigenvalue weighted by Gasteiger charge is 2.30. The number of fused-ring (bicyclic) bond motifs is 1. The Labute approximate surface area is 198 Å². The van der Waals surface area contributed by atoms with E-state index in [2.05, 4.69) is 15.6 Å². The molecule has 4 atom stereocenters. The minimum absolute atomic E-state index is 0.0679. The number of carboxylic acid groups (broad SMARTS) is 1. The Balaban J connectivity index is 1.82. The second-order valence-electron chi connectivity index (χ2n) is 8.63. The lowest BCUT2D eigenvalue weighted by molar-refractivity contribution is -0.142. The van der Waals surface area contributed by atoms with Crippen LogP contribution in [0, 0.1) is 5.92 Å². The summed E-state index contributed by atoms with van der Waals surface area (Å²) in [5.41, 5.74) is 8.62. The van der Waals surface area contributed by atoms with E-state index in [0.29, 0.717) is 6.42 Å². The number of hydrogen-bond acceptors (Lipinski definition) is 4. The van der Waals surface area contributed by atoms with Crippen molar-refractivity contribution >= 4 is 28.7 Å². The largest absolute Gasteiger partial charge is 0.480 e. The molecule has 0 aliphatic heterocycles. The van der Waals surface area contributed by atoms with E-state index in [9.17, 15) is 19.5 Å². The van der Waals surface area contributed by atoms with Crippen molar-refractivity contribution in [2.24, 2.45) is 11.7 Å². The Morgan fingerprint density at radius 3 is 2.26 bits per heavy atom. The van der Waals surface area contributed by atoms with E-state index in [1.807, 2.05) is 56.3 Å². The molecule has 0 radical (unpaired) electrons. The molecule has 0 fully saturated rings. The molecule has 180 valence electrons. The molecule has 8 heteroatoms. The van der Waals surface area contributed by atoms with Gasteiger partial charge in [-0.15, -0.1) is 0 Å². The van der Waals surface area contributed by atoms with Crippen molar-refractivity contribution in [3.63, 3.8) is 0 Å². The molecule has 6 N–H and O–H groups in total. The molecule has 0 aliphatic rings. The first-order chi connectivity index (χ1) is 16.3. The van der Waals surface area contributed by atoms with Gasteiger partial charge in [0.05, 0.1) is 6.04 Å². The summed E-state index contributed by atoms with van der Waals surface area (Å²) >= 11 is 0. The molecule has 1 heterocycles. The van der Waals surface area contributed by atoms with E-state index >= 15 is 0 Å². The highest BCUT2D eigenvalue weighted by atomic mass is 16.4. The lowest BCUT2D eigenvalue weighted by atomic mass is 9.98. The van der Waals surface area contributed by atoms with Crippen molar-refractivity contribution < 1.29 is 19.5 Å². The first-order valence-corrected chi connectivity index (χ1v) is 11.5. The maximum atomic E-state index is 13.3. The number of nitrogens with one attached hydrogen (secondary N) is 3. The van der Waals surface area contributed by atoms with Crippen molar-refractivity contribution in [3.05, 3.63) is 71.9 Å². The van der Waals surface area contributed by atoms with Gasteiger partial charge in [-0.1, -0.05) is 68.8 Å². The minimum atomic E-state index is -1.15. The van der Waals surface area contributed by atoms with E-state index < -0.39 is 35.9 Å². The van der Waals surface area contributed by atoms with Crippen molar-refractivity contribution in [1.82, 2.24) is 15.6 Å². The quantitative estimate of drug-likeness (QED) is 0.297. The minimum Gasteiger partial charge on any atom is -0.480 e. The van der Waals surface area contributed by atoms with Gasteiger partial charge in [0.15, 0.2) is 0 Å². The number of nitrogens with two attached hydrogens (primary N) is 1. The van der Waals surface area contributed by atoms with Gasteiger partial charge in [-0.25, -0.2) is 4.79 Å². The first kappa shape index (κ1) is 25.0. The smallest absolute Gasteiger partial charge is 0.326 e. The van der Waals surface area contributed by atoms with Gasteiger partial charge in [0.25, 0.3) is 0 Å². The average molecular weight is 465 g/mol. The second-order valence-corrected chi connectivity index (χ2v) is 8.63. The average Bonchev–Trinajstić information content (AvgIpc) is 3.25. The predicted molar refractivity (Wildman–Crippen MR) is 131 cm³/mol. The molecule has 0 saturated carbocycles. The van der Waals surface area contributed by atoms with E-state index in [1.54, 1.807) is 18.3 Å². The summed E-state index contributed by atoms with van der Waals surface area (Å²) < 4.78 is 0. The van der Waals surface area contributed by atoms with Gasteiger partial charge in [-0.05, 0) is 23.1 Å². The molecule has 3 aromatic rings. The zero-order valence-corrected chi connectivity index (χ0v) is 19.5. The second kappa shape index (κ2) is 11.5.